The van der Waals surface area contributed by atoms with Gasteiger partial charge in [-0.25, -0.2) is 0 Å². The monoisotopic (exact) mass is 254 g/mol. The molecule has 4 heteroatoms. The van der Waals surface area contributed by atoms with Crippen LogP contribution in [0.3, 0.4) is 0 Å². The van der Waals surface area contributed by atoms with Crippen LogP contribution in [0.15, 0.2) is 12.1 Å². The number of rotatable bonds is 4. The Hall–Kier alpha value is -0.870. The average Bonchev–Trinajstić information content (AvgIpc) is 2.71. The minimum atomic E-state index is -0.413. The molecule has 0 fully saturated rings. The predicted molar refractivity (Wildman–Crippen MR) is 73.1 cm³/mol. The van der Waals surface area contributed by atoms with Crippen LogP contribution in [0.4, 0.5) is 0 Å². The van der Waals surface area contributed by atoms with Gasteiger partial charge in [0, 0.05) is 16.8 Å². The molecule has 0 radical (unpaired) electrons. The maximum atomic E-state index is 12.1. The first-order chi connectivity index (χ1) is 7.84. The molecule has 1 aromatic heterocycles. The second kappa shape index (κ2) is 5.65. The van der Waals surface area contributed by atoms with Gasteiger partial charge >= 0.3 is 0 Å². The normalized spacial score (nSPS) is 14.8. The SMILES string of the molecule is Cc1ccc(C(C)N(C)C(=O)[C@H](N)C(C)C)s1. The van der Waals surface area contributed by atoms with Crippen molar-refractivity contribution in [3.63, 3.8) is 0 Å². The molecule has 0 aliphatic rings. The largest absolute Gasteiger partial charge is 0.337 e. The number of amides is 1. The van der Waals surface area contributed by atoms with E-state index in [4.69, 9.17) is 5.73 Å². The second-order valence-corrected chi connectivity index (χ2v) is 6.16. The van der Waals surface area contributed by atoms with E-state index in [1.165, 1.54) is 9.75 Å². The molecule has 0 aliphatic heterocycles. The van der Waals surface area contributed by atoms with Crippen LogP contribution in [0.2, 0.25) is 0 Å². The fourth-order valence-corrected chi connectivity index (χ4v) is 2.55. The van der Waals surface area contributed by atoms with Gasteiger partial charge in [0.25, 0.3) is 0 Å². The van der Waals surface area contributed by atoms with Crippen LogP contribution >= 0.6 is 11.3 Å². The fourth-order valence-electron chi connectivity index (χ4n) is 1.58. The van der Waals surface area contributed by atoms with Crippen LogP contribution in [0.1, 0.15) is 36.6 Å². The van der Waals surface area contributed by atoms with Crippen LogP contribution in [-0.2, 0) is 4.79 Å². The maximum absolute atomic E-state index is 12.1. The first-order valence-corrected chi connectivity index (χ1v) is 6.74. The molecule has 2 atom stereocenters. The highest BCUT2D eigenvalue weighted by atomic mass is 32.1. The summed E-state index contributed by atoms with van der Waals surface area (Å²) < 4.78 is 0. The Kier molecular flexibility index (Phi) is 4.71. The van der Waals surface area contributed by atoms with Gasteiger partial charge < -0.3 is 10.6 Å². The summed E-state index contributed by atoms with van der Waals surface area (Å²) >= 11 is 1.73. The third kappa shape index (κ3) is 3.30. The molecule has 1 amide bonds. The van der Waals surface area contributed by atoms with Crippen LogP contribution in [0, 0.1) is 12.8 Å². The van der Waals surface area contributed by atoms with Crippen molar-refractivity contribution in [2.24, 2.45) is 11.7 Å². The summed E-state index contributed by atoms with van der Waals surface area (Å²) in [6.45, 7) is 8.05. The number of nitrogens with zero attached hydrogens (tertiary/aromatic N) is 1. The van der Waals surface area contributed by atoms with E-state index in [2.05, 4.69) is 19.1 Å². The molecule has 0 bridgehead atoms. The molecule has 0 aromatic carbocycles. The lowest BCUT2D eigenvalue weighted by atomic mass is 10.0. The summed E-state index contributed by atoms with van der Waals surface area (Å²) in [6, 6.07) is 3.83. The third-order valence-corrected chi connectivity index (χ3v) is 4.28. The number of aryl methyl sites for hydroxylation is 1. The van der Waals surface area contributed by atoms with E-state index in [1.807, 2.05) is 27.8 Å². The van der Waals surface area contributed by atoms with Gasteiger partial charge in [-0.15, -0.1) is 11.3 Å². The summed E-state index contributed by atoms with van der Waals surface area (Å²) in [5, 5.41) is 0. The smallest absolute Gasteiger partial charge is 0.240 e. The van der Waals surface area contributed by atoms with Gasteiger partial charge in [0.05, 0.1) is 12.1 Å². The summed E-state index contributed by atoms with van der Waals surface area (Å²) in [7, 11) is 1.82. The van der Waals surface area contributed by atoms with Gasteiger partial charge in [-0.2, -0.15) is 0 Å². The number of carbonyl (C=O) groups excluding carboxylic acids is 1. The second-order valence-electron chi connectivity index (χ2n) is 4.84. The Labute approximate surface area is 108 Å². The van der Waals surface area contributed by atoms with E-state index >= 15 is 0 Å². The zero-order valence-corrected chi connectivity index (χ0v) is 12.0. The van der Waals surface area contributed by atoms with Crippen molar-refractivity contribution in [2.75, 3.05) is 7.05 Å². The van der Waals surface area contributed by atoms with Crippen molar-refractivity contribution in [1.82, 2.24) is 4.90 Å². The lowest BCUT2D eigenvalue weighted by molar-refractivity contribution is -0.134. The fraction of sp³-hybridized carbons (Fsp3) is 0.615. The molecule has 3 nitrogen and oxygen atoms in total. The first-order valence-electron chi connectivity index (χ1n) is 5.93. The number of thiophene rings is 1. The number of nitrogens with two attached hydrogens (primary N) is 1. The summed E-state index contributed by atoms with van der Waals surface area (Å²) in [6.07, 6.45) is 0. The molecule has 1 aromatic rings. The van der Waals surface area contributed by atoms with E-state index in [1.54, 1.807) is 16.2 Å². The minimum absolute atomic E-state index is 0.0125. The third-order valence-electron chi connectivity index (χ3n) is 3.10. The Morgan fingerprint density at radius 3 is 2.35 bits per heavy atom. The Bertz CT molecular complexity index is 387. The average molecular weight is 254 g/mol. The van der Waals surface area contributed by atoms with E-state index in [-0.39, 0.29) is 17.9 Å². The molecular formula is C13H22N2OS. The van der Waals surface area contributed by atoms with E-state index in [9.17, 15) is 4.79 Å². The number of likely N-dealkylation sites (N-methyl/N-ethyl adjacent to an activating group) is 1. The van der Waals surface area contributed by atoms with Gasteiger partial charge in [-0.3, -0.25) is 4.79 Å². The molecule has 1 rings (SSSR count). The van der Waals surface area contributed by atoms with E-state index in [0.29, 0.717) is 0 Å². The van der Waals surface area contributed by atoms with Gasteiger partial charge in [-0.05, 0) is 31.9 Å². The minimum Gasteiger partial charge on any atom is -0.337 e. The molecule has 0 saturated carbocycles. The summed E-state index contributed by atoms with van der Waals surface area (Å²) in [5.41, 5.74) is 5.89. The van der Waals surface area contributed by atoms with E-state index < -0.39 is 6.04 Å². The van der Waals surface area contributed by atoms with Gasteiger partial charge in [0.15, 0.2) is 0 Å². The Balaban J connectivity index is 2.76. The predicted octanol–water partition coefficient (Wildman–Crippen LogP) is 2.56. The molecule has 1 unspecified atom stereocenters. The molecule has 0 saturated heterocycles. The molecule has 1 heterocycles. The quantitative estimate of drug-likeness (QED) is 0.897. The first kappa shape index (κ1) is 14.2. The molecule has 17 heavy (non-hydrogen) atoms. The van der Waals surface area contributed by atoms with Crippen molar-refractivity contribution in [3.05, 3.63) is 21.9 Å². The summed E-state index contributed by atoms with van der Waals surface area (Å²) in [5.74, 6) is 0.181. The highest BCUT2D eigenvalue weighted by molar-refractivity contribution is 7.12. The topological polar surface area (TPSA) is 46.3 Å². The van der Waals surface area contributed by atoms with Crippen molar-refractivity contribution in [3.8, 4) is 0 Å². The number of hydrogen-bond acceptors (Lipinski definition) is 3. The van der Waals surface area contributed by atoms with Crippen LogP contribution in [0.5, 0.6) is 0 Å². The maximum Gasteiger partial charge on any atom is 0.240 e. The summed E-state index contributed by atoms with van der Waals surface area (Å²) in [4.78, 5) is 16.3. The zero-order chi connectivity index (χ0) is 13.2. The van der Waals surface area contributed by atoms with Gasteiger partial charge in [0.2, 0.25) is 5.91 Å². The number of carbonyl (C=O) groups is 1. The molecular weight excluding hydrogens is 232 g/mol. The van der Waals surface area contributed by atoms with Crippen LogP contribution in [-0.4, -0.2) is 23.9 Å². The van der Waals surface area contributed by atoms with Crippen molar-refractivity contribution in [2.45, 2.75) is 39.8 Å². The van der Waals surface area contributed by atoms with Gasteiger partial charge in [0.1, 0.15) is 0 Å². The van der Waals surface area contributed by atoms with Crippen LogP contribution in [0.25, 0.3) is 0 Å². The van der Waals surface area contributed by atoms with E-state index in [0.717, 1.165) is 0 Å². The Morgan fingerprint density at radius 2 is 1.94 bits per heavy atom. The Morgan fingerprint density at radius 1 is 1.35 bits per heavy atom. The molecule has 0 aliphatic carbocycles. The molecule has 96 valence electrons. The molecule has 2 N–H and O–H groups in total. The van der Waals surface area contributed by atoms with Crippen LogP contribution < -0.4 is 5.73 Å². The van der Waals surface area contributed by atoms with Gasteiger partial charge in [-0.1, -0.05) is 13.8 Å². The van der Waals surface area contributed by atoms with Crippen molar-refractivity contribution >= 4 is 17.2 Å². The van der Waals surface area contributed by atoms with Crippen molar-refractivity contribution < 1.29 is 4.79 Å². The standard InChI is InChI=1S/C13H22N2OS/c1-8(2)12(14)13(16)15(5)10(4)11-7-6-9(3)17-11/h6-8,10,12H,14H2,1-5H3/t10?,12-/m1/s1. The lowest BCUT2D eigenvalue weighted by Crippen LogP contribution is -2.45. The lowest BCUT2D eigenvalue weighted by Gasteiger charge is -2.28. The highest BCUT2D eigenvalue weighted by Crippen LogP contribution is 2.26. The van der Waals surface area contributed by atoms with Crippen molar-refractivity contribution in [1.29, 1.82) is 0 Å². The number of hydrogen-bond donors (Lipinski definition) is 1. The molecule has 0 spiro atoms. The highest BCUT2D eigenvalue weighted by Gasteiger charge is 2.25. The zero-order valence-electron chi connectivity index (χ0n) is 11.2.